The Morgan fingerprint density at radius 3 is 2.57 bits per heavy atom. The molecular formula is C16H17Cl2NOS. The van der Waals surface area contributed by atoms with Crippen molar-refractivity contribution >= 4 is 50.5 Å². The summed E-state index contributed by atoms with van der Waals surface area (Å²) in [6.07, 6.45) is 3.30. The zero-order valence-corrected chi connectivity index (χ0v) is 14.4. The second kappa shape index (κ2) is 5.79. The van der Waals surface area contributed by atoms with Crippen molar-refractivity contribution in [1.29, 1.82) is 0 Å². The number of thiophene rings is 1. The average Bonchev–Trinajstić information content (AvgIpc) is 2.75. The number of likely N-dealkylation sites (tertiary alicyclic amines) is 1. The molecule has 0 spiro atoms. The number of fused-ring (bicyclic) bond motifs is 1. The third-order valence-corrected chi connectivity index (χ3v) is 6.09. The fraction of sp³-hybridized carbons (Fsp3) is 0.438. The van der Waals surface area contributed by atoms with Crippen LogP contribution in [0.25, 0.3) is 10.1 Å². The van der Waals surface area contributed by atoms with E-state index in [-0.39, 0.29) is 18.0 Å². The number of carbonyl (C=O) groups excluding carboxylic acids is 1. The fourth-order valence-corrected chi connectivity index (χ4v) is 4.85. The Morgan fingerprint density at radius 1 is 1.24 bits per heavy atom. The Bertz CT molecular complexity index is 687. The first-order chi connectivity index (χ1) is 9.99. The summed E-state index contributed by atoms with van der Waals surface area (Å²) in [7, 11) is 0. The first-order valence-electron chi connectivity index (χ1n) is 7.19. The topological polar surface area (TPSA) is 20.3 Å². The van der Waals surface area contributed by atoms with Crippen molar-refractivity contribution in [3.63, 3.8) is 0 Å². The van der Waals surface area contributed by atoms with Gasteiger partial charge in [-0.15, -0.1) is 11.3 Å². The second-order valence-corrected chi connectivity index (χ2v) is 7.59. The first kappa shape index (κ1) is 15.1. The van der Waals surface area contributed by atoms with Crippen molar-refractivity contribution in [3.8, 4) is 0 Å². The van der Waals surface area contributed by atoms with Gasteiger partial charge in [0.2, 0.25) is 0 Å². The molecule has 1 saturated heterocycles. The van der Waals surface area contributed by atoms with E-state index in [2.05, 4.69) is 13.8 Å². The number of nitrogens with zero attached hydrogens (tertiary/aromatic N) is 1. The van der Waals surface area contributed by atoms with Gasteiger partial charge in [-0.25, -0.2) is 0 Å². The molecule has 0 saturated carbocycles. The van der Waals surface area contributed by atoms with Crippen LogP contribution in [0, 0.1) is 0 Å². The summed E-state index contributed by atoms with van der Waals surface area (Å²) in [6, 6.07) is 6.10. The minimum absolute atomic E-state index is 0.0528. The SMILES string of the molecule is C[C@@H]1CCC[C@H](C)N1C(=O)c1sc2cc(Cl)ccc2c1Cl. The van der Waals surface area contributed by atoms with Gasteiger partial charge in [-0.05, 0) is 45.2 Å². The third kappa shape index (κ3) is 2.67. The highest BCUT2D eigenvalue weighted by atomic mass is 35.5. The zero-order valence-electron chi connectivity index (χ0n) is 12.0. The normalized spacial score (nSPS) is 22.8. The molecular weight excluding hydrogens is 325 g/mol. The van der Waals surface area contributed by atoms with Crippen molar-refractivity contribution in [2.45, 2.75) is 45.2 Å². The van der Waals surface area contributed by atoms with Crippen LogP contribution in [0.15, 0.2) is 18.2 Å². The van der Waals surface area contributed by atoms with Crippen LogP contribution in [-0.4, -0.2) is 22.9 Å². The van der Waals surface area contributed by atoms with E-state index >= 15 is 0 Å². The molecule has 0 aliphatic carbocycles. The Kier molecular flexibility index (Phi) is 4.17. The summed E-state index contributed by atoms with van der Waals surface area (Å²) < 4.78 is 0.966. The van der Waals surface area contributed by atoms with E-state index in [0.717, 1.165) is 22.9 Å². The maximum absolute atomic E-state index is 12.9. The van der Waals surface area contributed by atoms with E-state index in [9.17, 15) is 4.79 Å². The Labute approximate surface area is 138 Å². The van der Waals surface area contributed by atoms with Gasteiger partial charge in [0.1, 0.15) is 4.88 Å². The molecule has 1 aliphatic rings. The van der Waals surface area contributed by atoms with Gasteiger partial charge < -0.3 is 4.90 Å². The summed E-state index contributed by atoms with van der Waals surface area (Å²) in [5.41, 5.74) is 0. The average molecular weight is 342 g/mol. The Balaban J connectivity index is 2.03. The lowest BCUT2D eigenvalue weighted by molar-refractivity contribution is 0.0516. The molecule has 2 aromatic rings. The van der Waals surface area contributed by atoms with Crippen LogP contribution in [0.2, 0.25) is 10.0 Å². The third-order valence-electron chi connectivity index (χ3n) is 4.21. The first-order valence-corrected chi connectivity index (χ1v) is 8.76. The maximum atomic E-state index is 12.9. The summed E-state index contributed by atoms with van der Waals surface area (Å²) >= 11 is 13.9. The predicted octanol–water partition coefficient (Wildman–Crippen LogP) is 5.61. The molecule has 21 heavy (non-hydrogen) atoms. The van der Waals surface area contributed by atoms with Gasteiger partial charge in [-0.2, -0.15) is 0 Å². The highest BCUT2D eigenvalue weighted by Crippen LogP contribution is 2.38. The summed E-state index contributed by atoms with van der Waals surface area (Å²) in [5.74, 6) is 0.0528. The molecule has 1 aliphatic heterocycles. The largest absolute Gasteiger partial charge is 0.332 e. The lowest BCUT2D eigenvalue weighted by Gasteiger charge is -2.38. The quantitative estimate of drug-likeness (QED) is 0.659. The van der Waals surface area contributed by atoms with E-state index in [4.69, 9.17) is 23.2 Å². The van der Waals surface area contributed by atoms with E-state index in [1.807, 2.05) is 23.1 Å². The number of hydrogen-bond donors (Lipinski definition) is 0. The highest BCUT2D eigenvalue weighted by Gasteiger charge is 2.32. The number of amides is 1. The van der Waals surface area contributed by atoms with E-state index in [1.54, 1.807) is 0 Å². The Hall–Kier alpha value is -0.770. The van der Waals surface area contributed by atoms with Gasteiger partial charge in [-0.1, -0.05) is 29.3 Å². The Morgan fingerprint density at radius 2 is 1.90 bits per heavy atom. The molecule has 1 aromatic heterocycles. The molecule has 2 atom stereocenters. The smallest absolute Gasteiger partial charge is 0.265 e. The number of benzene rings is 1. The van der Waals surface area contributed by atoms with Crippen LogP contribution < -0.4 is 0 Å². The minimum atomic E-state index is 0.0528. The molecule has 0 unspecified atom stereocenters. The molecule has 3 rings (SSSR count). The number of piperidine rings is 1. The number of hydrogen-bond acceptors (Lipinski definition) is 2. The maximum Gasteiger partial charge on any atom is 0.265 e. The van der Waals surface area contributed by atoms with Crippen molar-refractivity contribution in [2.75, 3.05) is 0 Å². The molecule has 2 nitrogen and oxygen atoms in total. The van der Waals surface area contributed by atoms with Gasteiger partial charge in [0, 0.05) is 27.2 Å². The van der Waals surface area contributed by atoms with E-state index in [0.29, 0.717) is 14.9 Å². The molecule has 1 aromatic carbocycles. The molecule has 112 valence electrons. The van der Waals surface area contributed by atoms with Crippen LogP contribution in [0.4, 0.5) is 0 Å². The van der Waals surface area contributed by atoms with Gasteiger partial charge in [0.25, 0.3) is 5.91 Å². The van der Waals surface area contributed by atoms with Crippen LogP contribution in [0.1, 0.15) is 42.8 Å². The number of carbonyl (C=O) groups is 1. The fourth-order valence-electron chi connectivity index (χ4n) is 3.12. The van der Waals surface area contributed by atoms with Crippen molar-refractivity contribution in [1.82, 2.24) is 4.90 Å². The molecule has 1 fully saturated rings. The number of halogens is 2. The molecule has 0 bridgehead atoms. The van der Waals surface area contributed by atoms with Crippen LogP contribution >= 0.6 is 34.5 Å². The van der Waals surface area contributed by atoms with E-state index < -0.39 is 0 Å². The number of rotatable bonds is 1. The van der Waals surface area contributed by atoms with E-state index in [1.165, 1.54) is 17.8 Å². The lowest BCUT2D eigenvalue weighted by atomic mass is 9.97. The summed E-state index contributed by atoms with van der Waals surface area (Å²) in [5, 5.41) is 2.13. The van der Waals surface area contributed by atoms with Crippen molar-refractivity contribution < 1.29 is 4.79 Å². The van der Waals surface area contributed by atoms with Crippen molar-refractivity contribution in [3.05, 3.63) is 33.1 Å². The van der Waals surface area contributed by atoms with Crippen LogP contribution in [-0.2, 0) is 0 Å². The highest BCUT2D eigenvalue weighted by molar-refractivity contribution is 7.21. The zero-order chi connectivity index (χ0) is 15.1. The molecule has 1 amide bonds. The van der Waals surface area contributed by atoms with Gasteiger partial charge in [-0.3, -0.25) is 4.79 Å². The van der Waals surface area contributed by atoms with Crippen LogP contribution in [0.3, 0.4) is 0 Å². The van der Waals surface area contributed by atoms with Crippen LogP contribution in [0.5, 0.6) is 0 Å². The van der Waals surface area contributed by atoms with Gasteiger partial charge >= 0.3 is 0 Å². The summed E-state index contributed by atoms with van der Waals surface area (Å²) in [4.78, 5) is 15.5. The lowest BCUT2D eigenvalue weighted by Crippen LogP contribution is -2.47. The standard InChI is InChI=1S/C16H17Cl2NOS/c1-9-4-3-5-10(2)19(9)16(20)15-14(18)12-7-6-11(17)8-13(12)21-15/h6-10H,3-5H2,1-2H3/t9-,10+. The molecule has 2 heterocycles. The molecule has 5 heteroatoms. The minimum Gasteiger partial charge on any atom is -0.332 e. The van der Waals surface area contributed by atoms with Gasteiger partial charge in [0.15, 0.2) is 0 Å². The monoisotopic (exact) mass is 341 g/mol. The molecule has 0 N–H and O–H groups in total. The second-order valence-electron chi connectivity index (χ2n) is 5.73. The van der Waals surface area contributed by atoms with Gasteiger partial charge in [0.05, 0.1) is 5.02 Å². The predicted molar refractivity (Wildman–Crippen MR) is 90.8 cm³/mol. The van der Waals surface area contributed by atoms with Crippen molar-refractivity contribution in [2.24, 2.45) is 0 Å². The summed E-state index contributed by atoms with van der Waals surface area (Å²) in [6.45, 7) is 4.23. The molecule has 0 radical (unpaired) electrons.